The van der Waals surface area contributed by atoms with E-state index in [2.05, 4.69) is 0 Å². The number of esters is 1. The van der Waals surface area contributed by atoms with Gasteiger partial charge in [0.2, 0.25) is 0 Å². The van der Waals surface area contributed by atoms with E-state index in [1.54, 1.807) is 24.3 Å². The molecule has 29 heavy (non-hydrogen) atoms. The van der Waals surface area contributed by atoms with Crippen molar-refractivity contribution in [2.45, 2.75) is 44.9 Å². The summed E-state index contributed by atoms with van der Waals surface area (Å²) in [5, 5.41) is 0. The third-order valence-electron chi connectivity index (χ3n) is 4.96. The summed E-state index contributed by atoms with van der Waals surface area (Å²) in [5.74, 6) is -0.526. The maximum atomic E-state index is 12.8. The molecule has 1 amide bonds. The minimum absolute atomic E-state index is 0.0718. The largest absolute Gasteiger partial charge is 0.460 e. The van der Waals surface area contributed by atoms with Gasteiger partial charge in [-0.3, -0.25) is 9.59 Å². The molecule has 0 unspecified atom stereocenters. The number of benzene rings is 2. The van der Waals surface area contributed by atoms with Gasteiger partial charge in [0.25, 0.3) is 0 Å². The van der Waals surface area contributed by atoms with Crippen LogP contribution in [0.3, 0.4) is 0 Å². The molecule has 0 spiro atoms. The Morgan fingerprint density at radius 2 is 1.66 bits per heavy atom. The SMILES string of the molecule is CC(=O)O[C@@H]1CCCN(C(=O)OCc2ccccc2)[C@H]1CC(=O)c1ccccc1. The summed E-state index contributed by atoms with van der Waals surface area (Å²) >= 11 is 0. The molecule has 2 aromatic rings. The Balaban J connectivity index is 1.73. The number of rotatable bonds is 6. The molecule has 1 aliphatic rings. The highest BCUT2D eigenvalue weighted by molar-refractivity contribution is 5.96. The van der Waals surface area contributed by atoms with Gasteiger partial charge in [0.15, 0.2) is 5.78 Å². The summed E-state index contributed by atoms with van der Waals surface area (Å²) in [6.45, 7) is 1.94. The van der Waals surface area contributed by atoms with E-state index < -0.39 is 24.2 Å². The Hall–Kier alpha value is -3.15. The zero-order valence-corrected chi connectivity index (χ0v) is 16.5. The molecular formula is C23H25NO5. The number of carbonyl (C=O) groups is 3. The van der Waals surface area contributed by atoms with Crippen molar-refractivity contribution in [3.8, 4) is 0 Å². The first-order valence-corrected chi connectivity index (χ1v) is 9.77. The van der Waals surface area contributed by atoms with E-state index in [4.69, 9.17) is 9.47 Å². The predicted molar refractivity (Wildman–Crippen MR) is 107 cm³/mol. The monoisotopic (exact) mass is 395 g/mol. The highest BCUT2D eigenvalue weighted by atomic mass is 16.6. The van der Waals surface area contributed by atoms with Crippen LogP contribution < -0.4 is 0 Å². The number of piperidine rings is 1. The number of likely N-dealkylation sites (tertiary alicyclic amines) is 1. The van der Waals surface area contributed by atoms with E-state index in [1.165, 1.54) is 11.8 Å². The normalized spacial score (nSPS) is 18.7. The molecular weight excluding hydrogens is 370 g/mol. The van der Waals surface area contributed by atoms with Crippen LogP contribution in [0.4, 0.5) is 4.79 Å². The molecule has 0 N–H and O–H groups in total. The number of ether oxygens (including phenoxy) is 2. The van der Waals surface area contributed by atoms with Crippen molar-refractivity contribution in [3.63, 3.8) is 0 Å². The van der Waals surface area contributed by atoms with Gasteiger partial charge in [-0.2, -0.15) is 0 Å². The fourth-order valence-electron chi connectivity index (χ4n) is 3.57. The van der Waals surface area contributed by atoms with Gasteiger partial charge in [0.1, 0.15) is 12.7 Å². The first-order valence-electron chi connectivity index (χ1n) is 9.77. The molecule has 1 saturated heterocycles. The van der Waals surface area contributed by atoms with Crippen molar-refractivity contribution in [2.75, 3.05) is 6.54 Å². The van der Waals surface area contributed by atoms with Gasteiger partial charge in [-0.05, 0) is 18.4 Å². The first-order chi connectivity index (χ1) is 14.0. The lowest BCUT2D eigenvalue weighted by Gasteiger charge is -2.39. The summed E-state index contributed by atoms with van der Waals surface area (Å²) in [6.07, 6.45) is 0.320. The molecule has 0 radical (unpaired) electrons. The maximum Gasteiger partial charge on any atom is 0.410 e. The maximum absolute atomic E-state index is 12.8. The van der Waals surface area contributed by atoms with E-state index in [-0.39, 0.29) is 18.8 Å². The predicted octanol–water partition coefficient (Wildman–Crippen LogP) is 3.99. The Morgan fingerprint density at radius 1 is 1.00 bits per heavy atom. The lowest BCUT2D eigenvalue weighted by Crippen LogP contribution is -2.53. The lowest BCUT2D eigenvalue weighted by atomic mass is 9.92. The number of nitrogens with zero attached hydrogens (tertiary/aromatic N) is 1. The summed E-state index contributed by atoms with van der Waals surface area (Å²) in [5.41, 5.74) is 1.45. The second kappa shape index (κ2) is 9.87. The van der Waals surface area contributed by atoms with Crippen LogP contribution >= 0.6 is 0 Å². The lowest BCUT2D eigenvalue weighted by molar-refractivity contribution is -0.152. The molecule has 6 nitrogen and oxygen atoms in total. The van der Waals surface area contributed by atoms with Crippen molar-refractivity contribution >= 4 is 17.8 Å². The van der Waals surface area contributed by atoms with Crippen LogP contribution in [0.1, 0.15) is 42.1 Å². The average molecular weight is 395 g/mol. The van der Waals surface area contributed by atoms with E-state index in [0.29, 0.717) is 24.9 Å². The zero-order valence-electron chi connectivity index (χ0n) is 16.5. The number of hydrogen-bond donors (Lipinski definition) is 0. The number of amides is 1. The molecule has 3 rings (SSSR count). The Morgan fingerprint density at radius 3 is 2.31 bits per heavy atom. The molecule has 2 aromatic carbocycles. The summed E-state index contributed by atoms with van der Waals surface area (Å²) in [4.78, 5) is 38.6. The minimum atomic E-state index is -0.552. The molecule has 0 saturated carbocycles. The van der Waals surface area contributed by atoms with Crippen molar-refractivity contribution in [1.29, 1.82) is 0 Å². The first kappa shape index (κ1) is 20.6. The second-order valence-electron chi connectivity index (χ2n) is 7.08. The van der Waals surface area contributed by atoms with Crippen LogP contribution in [0.25, 0.3) is 0 Å². The smallest absolute Gasteiger partial charge is 0.410 e. The molecule has 2 atom stereocenters. The topological polar surface area (TPSA) is 72.9 Å². The van der Waals surface area contributed by atoms with Gasteiger partial charge in [-0.1, -0.05) is 60.7 Å². The molecule has 6 heteroatoms. The van der Waals surface area contributed by atoms with Crippen molar-refractivity contribution in [1.82, 2.24) is 4.90 Å². The number of hydrogen-bond acceptors (Lipinski definition) is 5. The fraction of sp³-hybridized carbons (Fsp3) is 0.348. The summed E-state index contributed by atoms with van der Waals surface area (Å²) in [6, 6.07) is 17.8. The van der Waals surface area contributed by atoms with Gasteiger partial charge in [0.05, 0.1) is 6.04 Å². The molecule has 1 fully saturated rings. The van der Waals surface area contributed by atoms with Gasteiger partial charge in [-0.25, -0.2) is 4.79 Å². The van der Waals surface area contributed by atoms with E-state index >= 15 is 0 Å². The molecule has 0 aliphatic carbocycles. The van der Waals surface area contributed by atoms with Crippen molar-refractivity contribution in [3.05, 3.63) is 71.8 Å². The van der Waals surface area contributed by atoms with Crippen LogP contribution in [0, 0.1) is 0 Å². The second-order valence-corrected chi connectivity index (χ2v) is 7.08. The Labute approximate surface area is 170 Å². The van der Waals surface area contributed by atoms with Crippen molar-refractivity contribution in [2.24, 2.45) is 0 Å². The van der Waals surface area contributed by atoms with Crippen LogP contribution in [-0.4, -0.2) is 41.4 Å². The molecule has 1 heterocycles. The molecule has 1 aliphatic heterocycles. The van der Waals surface area contributed by atoms with Crippen molar-refractivity contribution < 1.29 is 23.9 Å². The van der Waals surface area contributed by atoms with E-state index in [9.17, 15) is 14.4 Å². The summed E-state index contributed by atoms with van der Waals surface area (Å²) in [7, 11) is 0. The Kier molecular flexibility index (Phi) is 7.00. The number of carbonyl (C=O) groups excluding carboxylic acids is 3. The third-order valence-corrected chi connectivity index (χ3v) is 4.96. The number of Topliss-reactive ketones (excluding diaryl/α,β-unsaturated/α-hetero) is 1. The van der Waals surface area contributed by atoms with Gasteiger partial charge in [0, 0.05) is 25.5 Å². The molecule has 0 bridgehead atoms. The summed E-state index contributed by atoms with van der Waals surface area (Å²) < 4.78 is 10.9. The van der Waals surface area contributed by atoms with E-state index in [1.807, 2.05) is 36.4 Å². The third kappa shape index (κ3) is 5.67. The van der Waals surface area contributed by atoms with Gasteiger partial charge < -0.3 is 14.4 Å². The number of ketones is 1. The standard InChI is InChI=1S/C23H25NO5/c1-17(25)29-22-13-8-14-24(23(27)28-16-18-9-4-2-5-10-18)20(22)15-21(26)19-11-6-3-7-12-19/h2-7,9-12,20,22H,8,13-16H2,1H3/t20-,22+/m0/s1. The van der Waals surface area contributed by atoms with Crippen LogP contribution in [0.5, 0.6) is 0 Å². The average Bonchev–Trinajstić information content (AvgIpc) is 2.74. The Bertz CT molecular complexity index is 837. The van der Waals surface area contributed by atoms with Crippen LogP contribution in [0.2, 0.25) is 0 Å². The van der Waals surface area contributed by atoms with Crippen LogP contribution in [0.15, 0.2) is 60.7 Å². The fourth-order valence-corrected chi connectivity index (χ4v) is 3.57. The van der Waals surface area contributed by atoms with Gasteiger partial charge >= 0.3 is 12.1 Å². The zero-order chi connectivity index (χ0) is 20.6. The highest BCUT2D eigenvalue weighted by Crippen LogP contribution is 2.26. The molecule has 0 aromatic heterocycles. The molecule has 152 valence electrons. The van der Waals surface area contributed by atoms with E-state index in [0.717, 1.165) is 5.56 Å². The minimum Gasteiger partial charge on any atom is -0.460 e. The highest BCUT2D eigenvalue weighted by Gasteiger charge is 2.38. The van der Waals surface area contributed by atoms with Crippen LogP contribution in [-0.2, 0) is 20.9 Å². The quantitative estimate of drug-likeness (QED) is 0.546. The van der Waals surface area contributed by atoms with Gasteiger partial charge in [-0.15, -0.1) is 0 Å².